The number of anilines is 1. The highest BCUT2D eigenvalue weighted by Crippen LogP contribution is 2.35. The van der Waals surface area contributed by atoms with Crippen molar-refractivity contribution in [1.82, 2.24) is 10.3 Å². The van der Waals surface area contributed by atoms with E-state index in [0.29, 0.717) is 5.56 Å². The van der Waals surface area contributed by atoms with E-state index in [0.717, 1.165) is 25.1 Å². The fourth-order valence-electron chi connectivity index (χ4n) is 2.99. The molecule has 1 unspecified atom stereocenters. The minimum atomic E-state index is -0.0123. The minimum Gasteiger partial charge on any atom is -0.384 e. The Kier molecular flexibility index (Phi) is 5.21. The first kappa shape index (κ1) is 15.8. The number of amides is 1. The lowest BCUT2D eigenvalue weighted by molar-refractivity contribution is 0.0854. The molecule has 2 rings (SSSR count). The van der Waals surface area contributed by atoms with Crippen LogP contribution in [-0.2, 0) is 0 Å². The maximum absolute atomic E-state index is 12.6. The standard InChI is InChI=1S/C17H27N3O/c1-4-10-19-14-8-11-18-12-13(14)16(21)20-15-7-5-6-9-17(15,2)3/h8,11-12,15H,4-7,9-10H2,1-3H3,(H,18,19)(H,20,21). The van der Waals surface area contributed by atoms with E-state index in [1.165, 1.54) is 19.3 Å². The van der Waals surface area contributed by atoms with Gasteiger partial charge in [-0.25, -0.2) is 0 Å². The van der Waals surface area contributed by atoms with E-state index in [4.69, 9.17) is 0 Å². The van der Waals surface area contributed by atoms with Crippen LogP contribution >= 0.6 is 0 Å². The van der Waals surface area contributed by atoms with Crippen LogP contribution in [0.1, 0.15) is 63.2 Å². The predicted molar refractivity (Wildman–Crippen MR) is 86.5 cm³/mol. The summed E-state index contributed by atoms with van der Waals surface area (Å²) in [6.45, 7) is 7.46. The quantitative estimate of drug-likeness (QED) is 0.870. The zero-order valence-corrected chi connectivity index (χ0v) is 13.4. The Morgan fingerprint density at radius 2 is 2.24 bits per heavy atom. The van der Waals surface area contributed by atoms with Crippen molar-refractivity contribution in [2.45, 2.75) is 58.9 Å². The molecular formula is C17H27N3O. The molecule has 1 heterocycles. The normalized spacial score (nSPS) is 20.8. The first-order valence-electron chi connectivity index (χ1n) is 8.03. The van der Waals surface area contributed by atoms with Crippen LogP contribution in [-0.4, -0.2) is 23.5 Å². The number of hydrogen-bond acceptors (Lipinski definition) is 3. The molecule has 1 aliphatic rings. The third-order valence-corrected chi connectivity index (χ3v) is 4.44. The Labute approximate surface area is 127 Å². The van der Waals surface area contributed by atoms with Gasteiger partial charge in [0.05, 0.1) is 11.3 Å². The molecule has 0 aliphatic heterocycles. The van der Waals surface area contributed by atoms with Gasteiger partial charge in [0.25, 0.3) is 5.91 Å². The topological polar surface area (TPSA) is 54.0 Å². The molecule has 0 spiro atoms. The highest BCUT2D eigenvalue weighted by atomic mass is 16.1. The maximum atomic E-state index is 12.6. The second kappa shape index (κ2) is 6.92. The van der Waals surface area contributed by atoms with Crippen LogP contribution in [0.3, 0.4) is 0 Å². The summed E-state index contributed by atoms with van der Waals surface area (Å²) in [6.07, 6.45) is 9.10. The number of carbonyl (C=O) groups excluding carboxylic acids is 1. The molecule has 2 N–H and O–H groups in total. The smallest absolute Gasteiger partial charge is 0.255 e. The van der Waals surface area contributed by atoms with E-state index in [2.05, 4.69) is 36.4 Å². The molecular weight excluding hydrogens is 262 g/mol. The monoisotopic (exact) mass is 289 g/mol. The molecule has 4 heteroatoms. The van der Waals surface area contributed by atoms with Crippen LogP contribution < -0.4 is 10.6 Å². The molecule has 1 aromatic heterocycles. The van der Waals surface area contributed by atoms with Crippen molar-refractivity contribution >= 4 is 11.6 Å². The summed E-state index contributed by atoms with van der Waals surface area (Å²) in [5.74, 6) is -0.0123. The molecule has 1 aromatic rings. The van der Waals surface area contributed by atoms with Crippen LogP contribution in [0.25, 0.3) is 0 Å². The molecule has 1 saturated carbocycles. The Morgan fingerprint density at radius 3 is 2.95 bits per heavy atom. The SMILES string of the molecule is CCCNc1ccncc1C(=O)NC1CCCCC1(C)C. The highest BCUT2D eigenvalue weighted by Gasteiger charge is 2.33. The molecule has 0 saturated heterocycles. The molecule has 1 atom stereocenters. The van der Waals surface area contributed by atoms with Crippen LogP contribution in [0.15, 0.2) is 18.5 Å². The minimum absolute atomic E-state index is 0.0123. The highest BCUT2D eigenvalue weighted by molar-refractivity contribution is 5.99. The summed E-state index contributed by atoms with van der Waals surface area (Å²) < 4.78 is 0. The number of hydrogen-bond donors (Lipinski definition) is 2. The van der Waals surface area contributed by atoms with Gasteiger partial charge in [-0.05, 0) is 30.7 Å². The summed E-state index contributed by atoms with van der Waals surface area (Å²) in [5.41, 5.74) is 1.69. The molecule has 0 radical (unpaired) electrons. The van der Waals surface area contributed by atoms with Gasteiger partial charge in [-0.2, -0.15) is 0 Å². The molecule has 21 heavy (non-hydrogen) atoms. The van der Waals surface area contributed by atoms with Crippen LogP contribution in [0.2, 0.25) is 0 Å². The molecule has 0 bridgehead atoms. The maximum Gasteiger partial charge on any atom is 0.255 e. The van der Waals surface area contributed by atoms with Gasteiger partial charge in [0, 0.05) is 25.0 Å². The van der Waals surface area contributed by atoms with Crippen molar-refractivity contribution < 1.29 is 4.79 Å². The average Bonchev–Trinajstić information content (AvgIpc) is 2.47. The number of aromatic nitrogens is 1. The molecule has 4 nitrogen and oxygen atoms in total. The van der Waals surface area contributed by atoms with Gasteiger partial charge < -0.3 is 10.6 Å². The van der Waals surface area contributed by atoms with E-state index in [1.54, 1.807) is 12.4 Å². The zero-order chi connectivity index (χ0) is 15.3. The Hall–Kier alpha value is -1.58. The number of pyridine rings is 1. The van der Waals surface area contributed by atoms with Gasteiger partial charge in [0.2, 0.25) is 0 Å². The Balaban J connectivity index is 2.09. The number of rotatable bonds is 5. The van der Waals surface area contributed by atoms with Crippen molar-refractivity contribution in [3.63, 3.8) is 0 Å². The number of nitrogens with one attached hydrogen (secondary N) is 2. The van der Waals surface area contributed by atoms with E-state index >= 15 is 0 Å². The molecule has 1 aliphatic carbocycles. The summed E-state index contributed by atoms with van der Waals surface area (Å²) in [6, 6.07) is 2.12. The summed E-state index contributed by atoms with van der Waals surface area (Å²) in [7, 11) is 0. The summed E-state index contributed by atoms with van der Waals surface area (Å²) in [5, 5.41) is 6.52. The van der Waals surface area contributed by atoms with Crippen molar-refractivity contribution in [3.05, 3.63) is 24.0 Å². The van der Waals surface area contributed by atoms with Crippen molar-refractivity contribution in [2.75, 3.05) is 11.9 Å². The molecule has 1 fully saturated rings. The lowest BCUT2D eigenvalue weighted by Crippen LogP contribution is -2.47. The van der Waals surface area contributed by atoms with Crippen LogP contribution in [0, 0.1) is 5.41 Å². The van der Waals surface area contributed by atoms with E-state index < -0.39 is 0 Å². The van der Waals surface area contributed by atoms with Gasteiger partial charge in [-0.15, -0.1) is 0 Å². The van der Waals surface area contributed by atoms with Gasteiger partial charge in [0.1, 0.15) is 0 Å². The first-order valence-corrected chi connectivity index (χ1v) is 8.03. The third-order valence-electron chi connectivity index (χ3n) is 4.44. The predicted octanol–water partition coefficient (Wildman–Crippen LogP) is 3.60. The first-order chi connectivity index (χ1) is 10.0. The van der Waals surface area contributed by atoms with Crippen LogP contribution in [0.4, 0.5) is 5.69 Å². The number of nitrogens with zero attached hydrogens (tertiary/aromatic N) is 1. The Bertz CT molecular complexity index is 485. The third kappa shape index (κ3) is 3.96. The lowest BCUT2D eigenvalue weighted by Gasteiger charge is -2.39. The number of carbonyl (C=O) groups is 1. The second-order valence-corrected chi connectivity index (χ2v) is 6.61. The van der Waals surface area contributed by atoms with E-state index in [-0.39, 0.29) is 17.4 Å². The lowest BCUT2D eigenvalue weighted by atomic mass is 9.73. The Morgan fingerprint density at radius 1 is 1.43 bits per heavy atom. The molecule has 116 valence electrons. The van der Waals surface area contributed by atoms with E-state index in [9.17, 15) is 4.79 Å². The van der Waals surface area contributed by atoms with Gasteiger partial charge in [-0.3, -0.25) is 9.78 Å². The fourth-order valence-corrected chi connectivity index (χ4v) is 2.99. The van der Waals surface area contributed by atoms with Crippen molar-refractivity contribution in [3.8, 4) is 0 Å². The second-order valence-electron chi connectivity index (χ2n) is 6.61. The van der Waals surface area contributed by atoms with E-state index in [1.807, 2.05) is 6.07 Å². The largest absolute Gasteiger partial charge is 0.384 e. The van der Waals surface area contributed by atoms with Gasteiger partial charge in [-0.1, -0.05) is 33.6 Å². The zero-order valence-electron chi connectivity index (χ0n) is 13.4. The molecule has 1 amide bonds. The van der Waals surface area contributed by atoms with Gasteiger partial charge in [0.15, 0.2) is 0 Å². The van der Waals surface area contributed by atoms with Crippen molar-refractivity contribution in [2.24, 2.45) is 5.41 Å². The fraction of sp³-hybridized carbons (Fsp3) is 0.647. The summed E-state index contributed by atoms with van der Waals surface area (Å²) >= 11 is 0. The van der Waals surface area contributed by atoms with Gasteiger partial charge >= 0.3 is 0 Å². The van der Waals surface area contributed by atoms with Crippen LogP contribution in [0.5, 0.6) is 0 Å². The van der Waals surface area contributed by atoms with Crippen molar-refractivity contribution in [1.29, 1.82) is 0 Å². The summed E-state index contributed by atoms with van der Waals surface area (Å²) in [4.78, 5) is 16.7. The molecule has 0 aromatic carbocycles. The average molecular weight is 289 g/mol.